The quantitative estimate of drug-likeness (QED) is 0.606. The summed E-state index contributed by atoms with van der Waals surface area (Å²) < 4.78 is 0. The van der Waals surface area contributed by atoms with Gasteiger partial charge in [-0.2, -0.15) is 0 Å². The summed E-state index contributed by atoms with van der Waals surface area (Å²) in [7, 11) is 0. The second-order valence-corrected chi connectivity index (χ2v) is 6.12. The Morgan fingerprint density at radius 1 is 1.35 bits per heavy atom. The molecule has 0 saturated heterocycles. The van der Waals surface area contributed by atoms with Gasteiger partial charge in [0.05, 0.1) is 6.61 Å². The number of nitrogens with zero attached hydrogens (tertiary/aromatic N) is 1. The summed E-state index contributed by atoms with van der Waals surface area (Å²) in [6, 6.07) is 0.729. The molecule has 1 aliphatic rings. The summed E-state index contributed by atoms with van der Waals surface area (Å²) in [6.07, 6.45) is 5.19. The molecule has 0 aliphatic heterocycles. The molecule has 0 radical (unpaired) electrons. The van der Waals surface area contributed by atoms with E-state index in [0.717, 1.165) is 32.2 Å². The highest BCUT2D eigenvalue weighted by Crippen LogP contribution is 2.27. The van der Waals surface area contributed by atoms with Crippen molar-refractivity contribution in [1.29, 1.82) is 0 Å². The largest absolute Gasteiger partial charge is 0.395 e. The van der Waals surface area contributed by atoms with E-state index in [-0.39, 0.29) is 6.61 Å². The first-order valence-corrected chi connectivity index (χ1v) is 7.14. The predicted octanol–water partition coefficient (Wildman–Crippen LogP) is 1.86. The van der Waals surface area contributed by atoms with Crippen molar-refractivity contribution in [3.63, 3.8) is 0 Å². The van der Waals surface area contributed by atoms with Gasteiger partial charge in [-0.1, -0.05) is 27.2 Å². The highest BCUT2D eigenvalue weighted by molar-refractivity contribution is 4.84. The minimum Gasteiger partial charge on any atom is -0.395 e. The third kappa shape index (κ3) is 5.36. The van der Waals surface area contributed by atoms with Crippen LogP contribution in [0.4, 0.5) is 0 Å². The standard InChI is InChI=1S/C14H30N2O/c1-4-8-15-11-14(2,3)12-16(9-10-17)13-6-5-7-13/h13,15,17H,4-12H2,1-3H3. The lowest BCUT2D eigenvalue weighted by Crippen LogP contribution is -2.48. The van der Waals surface area contributed by atoms with Crippen LogP contribution in [0, 0.1) is 5.41 Å². The van der Waals surface area contributed by atoms with E-state index < -0.39 is 0 Å². The molecule has 102 valence electrons. The van der Waals surface area contributed by atoms with E-state index in [0.29, 0.717) is 5.41 Å². The number of rotatable bonds is 9. The Kier molecular flexibility index (Phi) is 6.45. The van der Waals surface area contributed by atoms with E-state index in [2.05, 4.69) is 31.0 Å². The lowest BCUT2D eigenvalue weighted by molar-refractivity contribution is 0.0642. The molecular formula is C14H30N2O. The van der Waals surface area contributed by atoms with Gasteiger partial charge >= 0.3 is 0 Å². The minimum atomic E-state index is 0.287. The number of aliphatic hydroxyl groups excluding tert-OH is 1. The maximum Gasteiger partial charge on any atom is 0.0558 e. The average Bonchev–Trinajstić information content (AvgIpc) is 2.14. The summed E-state index contributed by atoms with van der Waals surface area (Å²) >= 11 is 0. The third-order valence-corrected chi connectivity index (χ3v) is 3.64. The van der Waals surface area contributed by atoms with Gasteiger partial charge in [0.1, 0.15) is 0 Å². The Morgan fingerprint density at radius 2 is 2.06 bits per heavy atom. The molecule has 0 amide bonds. The second-order valence-electron chi connectivity index (χ2n) is 6.12. The highest BCUT2D eigenvalue weighted by Gasteiger charge is 2.29. The van der Waals surface area contributed by atoms with Gasteiger partial charge in [0.25, 0.3) is 0 Å². The fraction of sp³-hybridized carbons (Fsp3) is 1.00. The zero-order chi connectivity index (χ0) is 12.7. The first-order chi connectivity index (χ1) is 8.09. The number of nitrogens with one attached hydrogen (secondary N) is 1. The Bertz CT molecular complexity index is 202. The minimum absolute atomic E-state index is 0.287. The fourth-order valence-electron chi connectivity index (χ4n) is 2.48. The summed E-state index contributed by atoms with van der Waals surface area (Å²) in [5, 5.41) is 12.7. The summed E-state index contributed by atoms with van der Waals surface area (Å²) in [5.74, 6) is 0. The molecule has 0 aromatic carbocycles. The van der Waals surface area contributed by atoms with E-state index in [1.807, 2.05) is 0 Å². The van der Waals surface area contributed by atoms with Crippen molar-refractivity contribution in [3.8, 4) is 0 Å². The van der Waals surface area contributed by atoms with Crippen molar-refractivity contribution in [1.82, 2.24) is 10.2 Å². The van der Waals surface area contributed by atoms with Gasteiger partial charge < -0.3 is 10.4 Å². The SMILES string of the molecule is CCCNCC(C)(C)CN(CCO)C1CCC1. The van der Waals surface area contributed by atoms with Crippen molar-refractivity contribution in [3.05, 3.63) is 0 Å². The summed E-state index contributed by atoms with van der Waals surface area (Å²) in [6.45, 7) is 11.2. The smallest absolute Gasteiger partial charge is 0.0558 e. The van der Waals surface area contributed by atoms with E-state index in [4.69, 9.17) is 5.11 Å². The number of hydrogen-bond donors (Lipinski definition) is 2. The molecule has 0 spiro atoms. The Morgan fingerprint density at radius 3 is 2.53 bits per heavy atom. The molecule has 2 N–H and O–H groups in total. The zero-order valence-electron chi connectivity index (χ0n) is 11.8. The van der Waals surface area contributed by atoms with Gasteiger partial charge in [0.2, 0.25) is 0 Å². The molecule has 3 heteroatoms. The first-order valence-electron chi connectivity index (χ1n) is 7.14. The molecular weight excluding hydrogens is 212 g/mol. The van der Waals surface area contributed by atoms with Crippen LogP contribution in [0.15, 0.2) is 0 Å². The van der Waals surface area contributed by atoms with Gasteiger partial charge in [0.15, 0.2) is 0 Å². The molecule has 0 aromatic heterocycles. The average molecular weight is 242 g/mol. The van der Waals surface area contributed by atoms with Gasteiger partial charge in [-0.05, 0) is 31.2 Å². The van der Waals surface area contributed by atoms with Crippen molar-refractivity contribution in [2.24, 2.45) is 5.41 Å². The first kappa shape index (κ1) is 14.9. The van der Waals surface area contributed by atoms with Crippen LogP contribution in [0.2, 0.25) is 0 Å². The van der Waals surface area contributed by atoms with Crippen molar-refractivity contribution in [2.45, 2.75) is 52.5 Å². The van der Waals surface area contributed by atoms with Gasteiger partial charge in [-0.15, -0.1) is 0 Å². The molecule has 0 unspecified atom stereocenters. The molecule has 3 nitrogen and oxygen atoms in total. The number of aliphatic hydroxyl groups is 1. The Hall–Kier alpha value is -0.120. The lowest BCUT2D eigenvalue weighted by atomic mass is 9.87. The van der Waals surface area contributed by atoms with Gasteiger partial charge in [0, 0.05) is 25.7 Å². The normalized spacial score (nSPS) is 17.5. The molecule has 1 aliphatic carbocycles. The van der Waals surface area contributed by atoms with Crippen LogP contribution in [0.5, 0.6) is 0 Å². The van der Waals surface area contributed by atoms with Crippen LogP contribution >= 0.6 is 0 Å². The van der Waals surface area contributed by atoms with Crippen molar-refractivity contribution in [2.75, 3.05) is 32.8 Å². The van der Waals surface area contributed by atoms with Gasteiger partial charge in [-0.25, -0.2) is 0 Å². The van der Waals surface area contributed by atoms with E-state index in [1.54, 1.807) is 0 Å². The Balaban J connectivity index is 2.34. The molecule has 17 heavy (non-hydrogen) atoms. The van der Waals surface area contributed by atoms with Crippen molar-refractivity contribution >= 4 is 0 Å². The maximum atomic E-state index is 9.16. The van der Waals surface area contributed by atoms with E-state index in [9.17, 15) is 0 Å². The topological polar surface area (TPSA) is 35.5 Å². The summed E-state index contributed by atoms with van der Waals surface area (Å²) in [5.41, 5.74) is 0.292. The predicted molar refractivity (Wildman–Crippen MR) is 73.2 cm³/mol. The molecule has 0 heterocycles. The molecule has 0 atom stereocenters. The second kappa shape index (κ2) is 7.34. The van der Waals surface area contributed by atoms with Crippen LogP contribution < -0.4 is 5.32 Å². The molecule has 0 bridgehead atoms. The zero-order valence-corrected chi connectivity index (χ0v) is 11.8. The van der Waals surface area contributed by atoms with E-state index >= 15 is 0 Å². The van der Waals surface area contributed by atoms with Crippen LogP contribution in [-0.2, 0) is 0 Å². The molecule has 0 aromatic rings. The van der Waals surface area contributed by atoms with Crippen LogP contribution in [0.3, 0.4) is 0 Å². The lowest BCUT2D eigenvalue weighted by Gasteiger charge is -2.41. The van der Waals surface area contributed by atoms with Crippen LogP contribution in [0.1, 0.15) is 46.5 Å². The highest BCUT2D eigenvalue weighted by atomic mass is 16.3. The van der Waals surface area contributed by atoms with Crippen LogP contribution in [0.25, 0.3) is 0 Å². The monoisotopic (exact) mass is 242 g/mol. The molecule has 1 saturated carbocycles. The fourth-order valence-corrected chi connectivity index (χ4v) is 2.48. The maximum absolute atomic E-state index is 9.16. The van der Waals surface area contributed by atoms with Crippen LogP contribution in [-0.4, -0.2) is 48.8 Å². The molecule has 1 fully saturated rings. The van der Waals surface area contributed by atoms with Gasteiger partial charge in [-0.3, -0.25) is 4.90 Å². The van der Waals surface area contributed by atoms with Crippen molar-refractivity contribution < 1.29 is 5.11 Å². The summed E-state index contributed by atoms with van der Waals surface area (Å²) in [4.78, 5) is 2.48. The number of hydrogen-bond acceptors (Lipinski definition) is 3. The molecule has 1 rings (SSSR count). The third-order valence-electron chi connectivity index (χ3n) is 3.64. The Labute approximate surface area is 107 Å². The van der Waals surface area contributed by atoms with E-state index in [1.165, 1.54) is 25.7 Å².